The van der Waals surface area contributed by atoms with E-state index >= 15 is 0 Å². The molecule has 41 heavy (non-hydrogen) atoms. The Morgan fingerprint density at radius 2 is 1.71 bits per heavy atom. The fraction of sp³-hybridized carbons (Fsp3) is 0.188. The number of nitrogens with two attached hydrogens (primary N) is 1. The van der Waals surface area contributed by atoms with E-state index in [1.54, 1.807) is 30.9 Å². The second kappa shape index (κ2) is 12.0. The van der Waals surface area contributed by atoms with E-state index in [2.05, 4.69) is 55.6 Å². The van der Waals surface area contributed by atoms with Gasteiger partial charge in [-0.05, 0) is 37.7 Å². The number of hydrogen-bond donors (Lipinski definition) is 4. The van der Waals surface area contributed by atoms with Gasteiger partial charge in [-0.25, -0.2) is 4.98 Å². The fourth-order valence-electron chi connectivity index (χ4n) is 4.78. The molecule has 0 atom stereocenters. The van der Waals surface area contributed by atoms with E-state index < -0.39 is 0 Å². The van der Waals surface area contributed by atoms with Crippen LogP contribution in [0.25, 0.3) is 17.0 Å². The number of nitrogens with one attached hydrogen (secondary N) is 3. The van der Waals surface area contributed by atoms with Crippen LogP contribution in [0.2, 0.25) is 0 Å². The number of nitrogen functional groups attached to an aromatic ring is 1. The van der Waals surface area contributed by atoms with E-state index in [1.807, 2.05) is 49.4 Å². The van der Waals surface area contributed by atoms with Gasteiger partial charge in [-0.1, -0.05) is 43.5 Å². The fourth-order valence-corrected chi connectivity index (χ4v) is 4.78. The second-order valence-corrected chi connectivity index (χ2v) is 10.2. The summed E-state index contributed by atoms with van der Waals surface area (Å²) in [5.41, 5.74) is 13.9. The molecule has 4 aromatic rings. The van der Waals surface area contributed by atoms with E-state index in [1.165, 1.54) is 0 Å². The van der Waals surface area contributed by atoms with Crippen molar-refractivity contribution < 1.29 is 0 Å². The molecule has 208 valence electrons. The Hall–Kier alpha value is -5.02. The van der Waals surface area contributed by atoms with Gasteiger partial charge in [-0.15, -0.1) is 0 Å². The van der Waals surface area contributed by atoms with E-state index in [9.17, 15) is 0 Å². The van der Waals surface area contributed by atoms with Crippen molar-refractivity contribution in [3.63, 3.8) is 0 Å². The zero-order valence-corrected chi connectivity index (χ0v) is 23.5. The standard InChI is InChI=1S/C32H35N9/c1-21-30(41-14-12-40(4)13-15-41)10-11-36-32(21)39-23(3)31(34)27-17-29(37-20-28(27)33)25-16-26(19-35-18-25)38-22(2)24-8-6-5-7-9-24/h5-11,16-20,34,38H,2-3,12-15,33H2,1,4H3,(H,36,39). The molecule has 0 aliphatic carbocycles. The molecule has 1 aliphatic rings. The lowest BCUT2D eigenvalue weighted by Gasteiger charge is -2.35. The molecule has 1 aromatic carbocycles. The second-order valence-electron chi connectivity index (χ2n) is 10.2. The summed E-state index contributed by atoms with van der Waals surface area (Å²) in [4.78, 5) is 18.1. The third-order valence-corrected chi connectivity index (χ3v) is 7.25. The van der Waals surface area contributed by atoms with Crippen molar-refractivity contribution >= 4 is 34.3 Å². The Kier molecular flexibility index (Phi) is 8.07. The summed E-state index contributed by atoms with van der Waals surface area (Å²) >= 11 is 0. The molecule has 4 heterocycles. The molecule has 0 saturated carbocycles. The minimum Gasteiger partial charge on any atom is -0.397 e. The van der Waals surface area contributed by atoms with Crippen molar-refractivity contribution in [3.05, 3.63) is 109 Å². The van der Waals surface area contributed by atoms with Crippen LogP contribution in [0.3, 0.4) is 0 Å². The molecule has 5 N–H and O–H groups in total. The summed E-state index contributed by atoms with van der Waals surface area (Å²) in [6, 6.07) is 15.7. The van der Waals surface area contributed by atoms with Gasteiger partial charge < -0.3 is 26.2 Å². The Morgan fingerprint density at radius 3 is 2.46 bits per heavy atom. The minimum atomic E-state index is 0.164. The first kappa shape index (κ1) is 27.5. The highest BCUT2D eigenvalue weighted by Crippen LogP contribution is 2.29. The number of nitrogens with zero attached hydrogens (tertiary/aromatic N) is 5. The summed E-state index contributed by atoms with van der Waals surface area (Å²) < 4.78 is 0. The molecule has 1 saturated heterocycles. The normalized spacial score (nSPS) is 13.5. The lowest BCUT2D eigenvalue weighted by Crippen LogP contribution is -2.44. The SMILES string of the molecule is C=C(Nc1nccc(N2CCN(C)CC2)c1C)C(=N)c1cc(-c2cncc(NC(=C)c3ccccc3)c2)ncc1N. The Bertz CT molecular complexity index is 1590. The largest absolute Gasteiger partial charge is 0.397 e. The van der Waals surface area contributed by atoms with Crippen molar-refractivity contribution in [1.82, 2.24) is 19.9 Å². The molecule has 0 spiro atoms. The van der Waals surface area contributed by atoms with Gasteiger partial charge in [0.1, 0.15) is 5.82 Å². The van der Waals surface area contributed by atoms with Gasteiger partial charge in [0.05, 0.1) is 40.9 Å². The number of pyridine rings is 3. The first-order valence-electron chi connectivity index (χ1n) is 13.5. The first-order chi connectivity index (χ1) is 19.8. The zero-order valence-electron chi connectivity index (χ0n) is 23.5. The molecule has 9 nitrogen and oxygen atoms in total. The van der Waals surface area contributed by atoms with Gasteiger partial charge in [0.25, 0.3) is 0 Å². The molecule has 0 radical (unpaired) electrons. The smallest absolute Gasteiger partial charge is 0.135 e. The van der Waals surface area contributed by atoms with Crippen LogP contribution in [0.4, 0.5) is 22.9 Å². The van der Waals surface area contributed by atoms with Crippen LogP contribution in [0.15, 0.2) is 92.2 Å². The number of benzene rings is 1. The van der Waals surface area contributed by atoms with Crippen LogP contribution in [0.1, 0.15) is 16.7 Å². The minimum absolute atomic E-state index is 0.164. The highest BCUT2D eigenvalue weighted by atomic mass is 15.2. The van der Waals surface area contributed by atoms with Gasteiger partial charge in [0.2, 0.25) is 0 Å². The number of aromatic nitrogens is 3. The van der Waals surface area contributed by atoms with Gasteiger partial charge in [-0.2, -0.15) is 0 Å². The molecule has 0 amide bonds. The number of rotatable bonds is 9. The Balaban J connectivity index is 1.33. The third kappa shape index (κ3) is 6.26. The van der Waals surface area contributed by atoms with Crippen molar-refractivity contribution in [1.29, 1.82) is 5.41 Å². The number of allylic oxidation sites excluding steroid dienone is 1. The maximum atomic E-state index is 8.90. The van der Waals surface area contributed by atoms with Crippen LogP contribution in [0.5, 0.6) is 0 Å². The van der Waals surface area contributed by atoms with Crippen molar-refractivity contribution in [2.24, 2.45) is 0 Å². The highest BCUT2D eigenvalue weighted by Gasteiger charge is 2.19. The first-order valence-corrected chi connectivity index (χ1v) is 13.5. The number of hydrogen-bond acceptors (Lipinski definition) is 9. The highest BCUT2D eigenvalue weighted by molar-refractivity contribution is 6.15. The molecule has 9 heteroatoms. The molecular formula is C32H35N9. The zero-order chi connectivity index (χ0) is 28.9. The number of likely N-dealkylation sites (N-methyl/N-ethyl adjacent to an activating group) is 1. The molecular weight excluding hydrogens is 510 g/mol. The maximum Gasteiger partial charge on any atom is 0.135 e. The molecule has 5 rings (SSSR count). The average Bonchev–Trinajstić information content (AvgIpc) is 2.99. The van der Waals surface area contributed by atoms with Crippen molar-refractivity contribution in [2.45, 2.75) is 6.92 Å². The van der Waals surface area contributed by atoms with Gasteiger partial charge in [0.15, 0.2) is 0 Å². The maximum absolute atomic E-state index is 8.90. The van der Waals surface area contributed by atoms with Gasteiger partial charge in [-0.3, -0.25) is 15.4 Å². The van der Waals surface area contributed by atoms with Crippen LogP contribution >= 0.6 is 0 Å². The summed E-state index contributed by atoms with van der Waals surface area (Å²) in [6.07, 6.45) is 6.81. The van der Waals surface area contributed by atoms with E-state index in [-0.39, 0.29) is 5.71 Å². The molecule has 0 bridgehead atoms. The van der Waals surface area contributed by atoms with Gasteiger partial charge >= 0.3 is 0 Å². The van der Waals surface area contributed by atoms with E-state index in [0.717, 1.165) is 59.9 Å². The Morgan fingerprint density at radius 1 is 0.951 bits per heavy atom. The predicted octanol–water partition coefficient (Wildman–Crippen LogP) is 5.26. The van der Waals surface area contributed by atoms with Crippen molar-refractivity contribution in [2.75, 3.05) is 54.5 Å². The van der Waals surface area contributed by atoms with Gasteiger partial charge in [0, 0.05) is 66.6 Å². The van der Waals surface area contributed by atoms with Crippen LogP contribution < -0.4 is 21.3 Å². The number of anilines is 4. The van der Waals surface area contributed by atoms with E-state index in [4.69, 9.17) is 11.1 Å². The summed E-state index contributed by atoms with van der Waals surface area (Å²) in [7, 11) is 2.14. The molecule has 3 aromatic heterocycles. The molecule has 1 aliphatic heterocycles. The number of piperazine rings is 1. The third-order valence-electron chi connectivity index (χ3n) is 7.25. The summed E-state index contributed by atoms with van der Waals surface area (Å²) in [5, 5.41) is 15.5. The molecule has 0 unspecified atom stereocenters. The Labute approximate surface area is 241 Å². The van der Waals surface area contributed by atoms with E-state index in [0.29, 0.717) is 28.5 Å². The lowest BCUT2D eigenvalue weighted by atomic mass is 10.0. The van der Waals surface area contributed by atoms with Crippen LogP contribution in [-0.4, -0.2) is 58.8 Å². The van der Waals surface area contributed by atoms with Crippen molar-refractivity contribution in [3.8, 4) is 11.3 Å². The average molecular weight is 546 g/mol. The molecule has 1 fully saturated rings. The van der Waals surface area contributed by atoms with Crippen LogP contribution in [-0.2, 0) is 0 Å². The summed E-state index contributed by atoms with van der Waals surface area (Å²) in [5.74, 6) is 0.672. The topological polar surface area (TPSA) is 119 Å². The summed E-state index contributed by atoms with van der Waals surface area (Å²) in [6.45, 7) is 14.3. The quantitative estimate of drug-likeness (QED) is 0.210. The monoisotopic (exact) mass is 545 g/mol. The lowest BCUT2D eigenvalue weighted by molar-refractivity contribution is 0.312. The van der Waals surface area contributed by atoms with Crippen LogP contribution in [0, 0.1) is 12.3 Å². The predicted molar refractivity (Wildman–Crippen MR) is 169 cm³/mol.